The molecule has 0 heterocycles. The fourth-order valence-corrected chi connectivity index (χ4v) is 2.34. The lowest BCUT2D eigenvalue weighted by molar-refractivity contribution is -0.162. The van der Waals surface area contributed by atoms with Crippen LogP contribution in [0.15, 0.2) is 32.3 Å². The summed E-state index contributed by atoms with van der Waals surface area (Å²) in [5.74, 6) is -2.89. The van der Waals surface area contributed by atoms with E-state index >= 15 is 0 Å². The summed E-state index contributed by atoms with van der Waals surface area (Å²) in [5, 5.41) is 10.7. The van der Waals surface area contributed by atoms with Gasteiger partial charge in [-0.25, -0.2) is 0 Å². The second-order valence-corrected chi connectivity index (χ2v) is 5.27. The van der Waals surface area contributed by atoms with Crippen LogP contribution in [-0.4, -0.2) is 23.8 Å². The maximum Gasteiger partial charge on any atom is 0.402 e. The maximum absolute atomic E-state index is 12.7. The smallest absolute Gasteiger partial charge is 0.402 e. The van der Waals surface area contributed by atoms with E-state index < -0.39 is 24.5 Å². The molecule has 0 bridgehead atoms. The Morgan fingerprint density at radius 3 is 2.53 bits per heavy atom. The topological polar surface area (TPSA) is 67.8 Å². The molecule has 0 saturated carbocycles. The number of nitrogens with two attached hydrogens (primary N) is 1. The molecule has 3 N–H and O–H groups in total. The largest absolute Gasteiger partial charge is 0.491 e. The Bertz CT molecular complexity index is 480. The van der Waals surface area contributed by atoms with E-state index in [4.69, 9.17) is 15.7 Å². The lowest BCUT2D eigenvalue weighted by atomic mass is 10.1. The monoisotopic (exact) mass is 404 g/mol. The van der Waals surface area contributed by atoms with Crippen LogP contribution in [0.2, 0.25) is 0 Å². The third-order valence-corrected chi connectivity index (χ3v) is 3.28. The Hall–Kier alpha value is -0.960. The van der Waals surface area contributed by atoms with Gasteiger partial charge < -0.3 is 15.7 Å². The number of alkyl halides is 3. The highest BCUT2D eigenvalue weighted by molar-refractivity contribution is 9.11. The first-order chi connectivity index (χ1) is 8.75. The Kier molecular flexibility index (Phi) is 5.48. The first kappa shape index (κ1) is 16.1. The van der Waals surface area contributed by atoms with Gasteiger partial charge in [0.05, 0.1) is 4.47 Å². The van der Waals surface area contributed by atoms with Crippen molar-refractivity contribution in [3.05, 3.63) is 27.1 Å². The van der Waals surface area contributed by atoms with Crippen LogP contribution in [0.25, 0.3) is 0 Å². The van der Waals surface area contributed by atoms with Crippen LogP contribution >= 0.6 is 31.9 Å². The highest BCUT2D eigenvalue weighted by Crippen LogP contribution is 2.31. The molecule has 0 saturated heterocycles. The molecule has 0 aliphatic carbocycles. The highest BCUT2D eigenvalue weighted by Gasteiger charge is 2.43. The summed E-state index contributed by atoms with van der Waals surface area (Å²) in [6, 6.07) is 4.74. The van der Waals surface area contributed by atoms with Crippen LogP contribution < -0.4 is 10.5 Å². The zero-order valence-corrected chi connectivity index (χ0v) is 12.5. The predicted molar refractivity (Wildman–Crippen MR) is 70.3 cm³/mol. The summed E-state index contributed by atoms with van der Waals surface area (Å²) in [6.07, 6.45) is -4.65. The minimum atomic E-state index is -4.65. The second kappa shape index (κ2) is 6.47. The summed E-state index contributed by atoms with van der Waals surface area (Å²) in [6.45, 7) is -0.778. The van der Waals surface area contributed by atoms with Crippen LogP contribution in [0.5, 0.6) is 5.75 Å². The molecule has 0 aliphatic heterocycles. The fraction of sp³-hybridized carbons (Fsp3) is 0.300. The standard InChI is InChI=1S/C10H9Br2F3N2O2/c11-5-1-2-8(7(12)3-5)19-4-6(9(16)17-18)10(13,14)15/h1-3,6,18H,4H2,(H2,16,17). The van der Waals surface area contributed by atoms with Crippen molar-refractivity contribution in [2.75, 3.05) is 6.61 Å². The Morgan fingerprint density at radius 1 is 1.42 bits per heavy atom. The number of rotatable bonds is 4. The molecule has 1 atom stereocenters. The molecule has 0 amide bonds. The van der Waals surface area contributed by atoms with Gasteiger partial charge in [-0.15, -0.1) is 0 Å². The average molecular weight is 406 g/mol. The average Bonchev–Trinajstić information content (AvgIpc) is 2.29. The molecule has 0 aliphatic rings. The number of halogens is 5. The summed E-state index contributed by atoms with van der Waals surface area (Å²) in [5.41, 5.74) is 5.01. The fourth-order valence-electron chi connectivity index (χ4n) is 1.18. The number of benzene rings is 1. The quantitative estimate of drug-likeness (QED) is 0.348. The van der Waals surface area contributed by atoms with Gasteiger partial charge in [0, 0.05) is 4.47 Å². The molecule has 1 unspecified atom stereocenters. The zero-order valence-electron chi connectivity index (χ0n) is 9.29. The minimum Gasteiger partial charge on any atom is -0.491 e. The Morgan fingerprint density at radius 2 is 2.05 bits per heavy atom. The molecule has 19 heavy (non-hydrogen) atoms. The van der Waals surface area contributed by atoms with Crippen molar-refractivity contribution in [1.29, 1.82) is 0 Å². The third kappa shape index (κ3) is 4.57. The van der Waals surface area contributed by atoms with E-state index in [9.17, 15) is 13.2 Å². The molecular weight excluding hydrogens is 397 g/mol. The van der Waals surface area contributed by atoms with E-state index in [2.05, 4.69) is 37.0 Å². The molecule has 106 valence electrons. The number of nitrogens with zero attached hydrogens (tertiary/aromatic N) is 1. The molecule has 0 fully saturated rings. The Labute approximate surface area is 123 Å². The van der Waals surface area contributed by atoms with Crippen LogP contribution in [0, 0.1) is 5.92 Å². The van der Waals surface area contributed by atoms with E-state index in [1.54, 1.807) is 12.1 Å². The van der Waals surface area contributed by atoms with Crippen LogP contribution in [-0.2, 0) is 0 Å². The molecule has 9 heteroatoms. The van der Waals surface area contributed by atoms with Crippen molar-refractivity contribution >= 4 is 37.7 Å². The zero-order chi connectivity index (χ0) is 14.6. The molecule has 0 aromatic heterocycles. The number of hydrogen-bond acceptors (Lipinski definition) is 3. The molecule has 1 aromatic rings. The van der Waals surface area contributed by atoms with Crippen molar-refractivity contribution in [3.8, 4) is 5.75 Å². The normalized spacial score (nSPS) is 14.3. The van der Waals surface area contributed by atoms with E-state index in [0.29, 0.717) is 4.47 Å². The first-order valence-corrected chi connectivity index (χ1v) is 6.46. The van der Waals surface area contributed by atoms with E-state index in [1.807, 2.05) is 0 Å². The Balaban J connectivity index is 2.82. The van der Waals surface area contributed by atoms with Gasteiger partial charge >= 0.3 is 6.18 Å². The molecule has 4 nitrogen and oxygen atoms in total. The van der Waals surface area contributed by atoms with Crippen molar-refractivity contribution in [2.24, 2.45) is 16.8 Å². The van der Waals surface area contributed by atoms with Gasteiger partial charge in [-0.2, -0.15) is 13.2 Å². The molecule has 0 radical (unpaired) electrons. The molecule has 0 spiro atoms. The summed E-state index contributed by atoms with van der Waals surface area (Å²) < 4.78 is 44.2. The summed E-state index contributed by atoms with van der Waals surface area (Å²) in [4.78, 5) is 0. The number of ether oxygens (including phenoxy) is 1. The van der Waals surface area contributed by atoms with E-state index in [1.165, 1.54) is 6.07 Å². The third-order valence-electron chi connectivity index (χ3n) is 2.17. The number of hydrogen-bond donors (Lipinski definition) is 2. The van der Waals surface area contributed by atoms with Crippen molar-refractivity contribution in [1.82, 2.24) is 0 Å². The lowest BCUT2D eigenvalue weighted by Crippen LogP contribution is -2.40. The van der Waals surface area contributed by atoms with Crippen molar-refractivity contribution < 1.29 is 23.1 Å². The molecule has 1 rings (SSSR count). The van der Waals surface area contributed by atoms with E-state index in [-0.39, 0.29) is 5.75 Å². The van der Waals surface area contributed by atoms with Gasteiger partial charge in [0.15, 0.2) is 5.84 Å². The lowest BCUT2D eigenvalue weighted by Gasteiger charge is -2.19. The minimum absolute atomic E-state index is 0.225. The first-order valence-electron chi connectivity index (χ1n) is 4.87. The van der Waals surface area contributed by atoms with Crippen molar-refractivity contribution in [2.45, 2.75) is 6.18 Å². The summed E-state index contributed by atoms with van der Waals surface area (Å²) in [7, 11) is 0. The van der Waals surface area contributed by atoms with Gasteiger partial charge in [0.25, 0.3) is 0 Å². The van der Waals surface area contributed by atoms with E-state index in [0.717, 1.165) is 4.47 Å². The van der Waals surface area contributed by atoms with Gasteiger partial charge in [-0.3, -0.25) is 0 Å². The maximum atomic E-state index is 12.7. The van der Waals surface area contributed by atoms with Crippen molar-refractivity contribution in [3.63, 3.8) is 0 Å². The highest BCUT2D eigenvalue weighted by atomic mass is 79.9. The second-order valence-electron chi connectivity index (χ2n) is 3.50. The molecule has 1 aromatic carbocycles. The predicted octanol–water partition coefficient (Wildman–Crippen LogP) is 3.52. The SMILES string of the molecule is N/C(=N/O)C(COc1ccc(Br)cc1Br)C(F)(F)F. The van der Waals surface area contributed by atoms with Gasteiger partial charge in [-0.05, 0) is 34.1 Å². The number of oxime groups is 1. The van der Waals surface area contributed by atoms with Crippen LogP contribution in [0.3, 0.4) is 0 Å². The number of amidine groups is 1. The van der Waals surface area contributed by atoms with Crippen LogP contribution in [0.1, 0.15) is 0 Å². The van der Waals surface area contributed by atoms with Gasteiger partial charge in [0.1, 0.15) is 18.3 Å². The van der Waals surface area contributed by atoms with Crippen LogP contribution in [0.4, 0.5) is 13.2 Å². The van der Waals surface area contributed by atoms with Gasteiger partial charge in [0.2, 0.25) is 0 Å². The molecular formula is C10H9Br2F3N2O2. The van der Waals surface area contributed by atoms with Gasteiger partial charge in [-0.1, -0.05) is 21.1 Å². The summed E-state index contributed by atoms with van der Waals surface area (Å²) >= 11 is 6.36.